The molecule has 76 valence electrons. The first-order chi connectivity index (χ1) is 6.35. The maximum Gasteiger partial charge on any atom is -0.00204 e. The highest BCUT2D eigenvalue weighted by molar-refractivity contribution is 4.88. The van der Waals surface area contributed by atoms with E-state index in [0.29, 0.717) is 5.41 Å². The topological polar surface area (TPSA) is 26.0 Å². The molecule has 0 aromatic heterocycles. The molecule has 0 atom stereocenters. The summed E-state index contributed by atoms with van der Waals surface area (Å²) >= 11 is 0. The van der Waals surface area contributed by atoms with Crippen LogP contribution in [0.3, 0.4) is 0 Å². The molecule has 0 unspecified atom stereocenters. The van der Waals surface area contributed by atoms with Gasteiger partial charge >= 0.3 is 0 Å². The van der Waals surface area contributed by atoms with Crippen molar-refractivity contribution in [3.63, 3.8) is 0 Å². The SMILES string of the molecule is NCC1(CC2CC2)CCCCCC1. The van der Waals surface area contributed by atoms with Gasteiger partial charge in [-0.2, -0.15) is 0 Å². The first-order valence-corrected chi connectivity index (χ1v) is 6.05. The van der Waals surface area contributed by atoms with Gasteiger partial charge in [0, 0.05) is 0 Å². The van der Waals surface area contributed by atoms with Crippen LogP contribution >= 0.6 is 0 Å². The Bertz CT molecular complexity index is 153. The zero-order valence-electron chi connectivity index (χ0n) is 8.73. The van der Waals surface area contributed by atoms with Crippen LogP contribution in [-0.4, -0.2) is 6.54 Å². The molecule has 13 heavy (non-hydrogen) atoms. The molecule has 0 spiro atoms. The molecule has 0 heterocycles. The van der Waals surface area contributed by atoms with Crippen molar-refractivity contribution in [2.45, 2.75) is 57.8 Å². The smallest absolute Gasteiger partial charge is 0.00204 e. The quantitative estimate of drug-likeness (QED) is 0.665. The molecule has 0 saturated heterocycles. The van der Waals surface area contributed by atoms with Gasteiger partial charge in [0.1, 0.15) is 0 Å². The van der Waals surface area contributed by atoms with E-state index < -0.39 is 0 Å². The Kier molecular flexibility index (Phi) is 2.92. The fourth-order valence-electron chi connectivity index (χ4n) is 2.90. The molecule has 1 heteroatoms. The fraction of sp³-hybridized carbons (Fsp3) is 1.00. The lowest BCUT2D eigenvalue weighted by Crippen LogP contribution is -2.30. The van der Waals surface area contributed by atoms with Crippen LogP contribution in [0, 0.1) is 11.3 Å². The second-order valence-electron chi connectivity index (χ2n) is 5.27. The Labute approximate surface area is 82.1 Å². The summed E-state index contributed by atoms with van der Waals surface area (Å²) in [7, 11) is 0. The Hall–Kier alpha value is -0.0400. The Balaban J connectivity index is 1.92. The molecule has 0 aromatic carbocycles. The van der Waals surface area contributed by atoms with E-state index in [4.69, 9.17) is 5.73 Å². The average Bonchev–Trinajstić information content (AvgIpc) is 2.94. The largest absolute Gasteiger partial charge is 0.330 e. The molecule has 0 aliphatic heterocycles. The van der Waals surface area contributed by atoms with Gasteiger partial charge in [-0.3, -0.25) is 0 Å². The summed E-state index contributed by atoms with van der Waals surface area (Å²) in [6, 6.07) is 0. The van der Waals surface area contributed by atoms with E-state index in [-0.39, 0.29) is 0 Å². The molecular weight excluding hydrogens is 158 g/mol. The molecule has 0 amide bonds. The van der Waals surface area contributed by atoms with Gasteiger partial charge in [-0.05, 0) is 37.1 Å². The fourth-order valence-corrected chi connectivity index (χ4v) is 2.90. The minimum absolute atomic E-state index is 0.567. The zero-order chi connectivity index (χ0) is 9.15. The summed E-state index contributed by atoms with van der Waals surface area (Å²) < 4.78 is 0. The van der Waals surface area contributed by atoms with Crippen molar-refractivity contribution in [2.75, 3.05) is 6.54 Å². The van der Waals surface area contributed by atoms with E-state index in [1.54, 1.807) is 0 Å². The summed E-state index contributed by atoms with van der Waals surface area (Å²) in [6.45, 7) is 0.948. The van der Waals surface area contributed by atoms with Crippen molar-refractivity contribution in [1.29, 1.82) is 0 Å². The van der Waals surface area contributed by atoms with Gasteiger partial charge in [0.15, 0.2) is 0 Å². The van der Waals surface area contributed by atoms with Gasteiger partial charge in [0.05, 0.1) is 0 Å². The van der Waals surface area contributed by atoms with Crippen molar-refractivity contribution in [2.24, 2.45) is 17.1 Å². The zero-order valence-corrected chi connectivity index (χ0v) is 8.73. The molecule has 2 aliphatic carbocycles. The van der Waals surface area contributed by atoms with Crippen LogP contribution in [0.5, 0.6) is 0 Å². The monoisotopic (exact) mass is 181 g/mol. The van der Waals surface area contributed by atoms with Crippen LogP contribution in [0.25, 0.3) is 0 Å². The molecular formula is C12H23N. The van der Waals surface area contributed by atoms with E-state index in [9.17, 15) is 0 Å². The third-order valence-electron chi connectivity index (χ3n) is 4.02. The number of hydrogen-bond donors (Lipinski definition) is 1. The minimum Gasteiger partial charge on any atom is -0.330 e. The molecule has 2 rings (SSSR count). The predicted molar refractivity (Wildman–Crippen MR) is 56.5 cm³/mol. The third kappa shape index (κ3) is 2.46. The van der Waals surface area contributed by atoms with Crippen molar-refractivity contribution in [3.05, 3.63) is 0 Å². The highest BCUT2D eigenvalue weighted by atomic mass is 14.6. The van der Waals surface area contributed by atoms with E-state index in [1.807, 2.05) is 0 Å². The number of rotatable bonds is 3. The molecule has 2 saturated carbocycles. The molecule has 0 radical (unpaired) electrons. The van der Waals surface area contributed by atoms with Gasteiger partial charge in [-0.1, -0.05) is 38.5 Å². The first kappa shape index (κ1) is 9.51. The summed E-state index contributed by atoms with van der Waals surface area (Å²) in [5, 5.41) is 0. The maximum atomic E-state index is 5.98. The highest BCUT2D eigenvalue weighted by Crippen LogP contribution is 2.46. The Morgan fingerprint density at radius 2 is 1.62 bits per heavy atom. The van der Waals surface area contributed by atoms with Crippen LogP contribution in [0.4, 0.5) is 0 Å². The van der Waals surface area contributed by atoms with Crippen molar-refractivity contribution in [3.8, 4) is 0 Å². The van der Waals surface area contributed by atoms with Gasteiger partial charge < -0.3 is 5.73 Å². The van der Waals surface area contributed by atoms with Crippen LogP contribution in [0.2, 0.25) is 0 Å². The Morgan fingerprint density at radius 1 is 1.00 bits per heavy atom. The van der Waals surface area contributed by atoms with E-state index in [1.165, 1.54) is 57.8 Å². The second kappa shape index (κ2) is 4.00. The van der Waals surface area contributed by atoms with Gasteiger partial charge in [-0.25, -0.2) is 0 Å². The Morgan fingerprint density at radius 3 is 2.08 bits per heavy atom. The van der Waals surface area contributed by atoms with Gasteiger partial charge in [0.2, 0.25) is 0 Å². The van der Waals surface area contributed by atoms with E-state index in [0.717, 1.165) is 12.5 Å². The van der Waals surface area contributed by atoms with Crippen LogP contribution in [-0.2, 0) is 0 Å². The van der Waals surface area contributed by atoms with Crippen LogP contribution < -0.4 is 5.73 Å². The summed E-state index contributed by atoms with van der Waals surface area (Å²) in [4.78, 5) is 0. The van der Waals surface area contributed by atoms with Gasteiger partial charge in [0.25, 0.3) is 0 Å². The van der Waals surface area contributed by atoms with E-state index >= 15 is 0 Å². The third-order valence-corrected chi connectivity index (χ3v) is 4.02. The lowest BCUT2D eigenvalue weighted by atomic mass is 9.76. The predicted octanol–water partition coefficient (Wildman–Crippen LogP) is 3.09. The number of hydrogen-bond acceptors (Lipinski definition) is 1. The van der Waals surface area contributed by atoms with Crippen LogP contribution in [0.15, 0.2) is 0 Å². The van der Waals surface area contributed by atoms with E-state index in [2.05, 4.69) is 0 Å². The molecule has 1 nitrogen and oxygen atoms in total. The lowest BCUT2D eigenvalue weighted by Gasteiger charge is -2.31. The first-order valence-electron chi connectivity index (χ1n) is 6.05. The lowest BCUT2D eigenvalue weighted by molar-refractivity contribution is 0.220. The average molecular weight is 181 g/mol. The van der Waals surface area contributed by atoms with Crippen molar-refractivity contribution >= 4 is 0 Å². The van der Waals surface area contributed by atoms with Crippen molar-refractivity contribution < 1.29 is 0 Å². The van der Waals surface area contributed by atoms with Gasteiger partial charge in [-0.15, -0.1) is 0 Å². The molecule has 2 aliphatic rings. The molecule has 2 N–H and O–H groups in total. The minimum atomic E-state index is 0.567. The summed E-state index contributed by atoms with van der Waals surface area (Å²) in [6.07, 6.45) is 13.0. The number of nitrogens with two attached hydrogens (primary N) is 1. The molecule has 2 fully saturated rings. The standard InChI is InChI=1S/C12H23N/c13-10-12(9-11-5-6-11)7-3-1-2-4-8-12/h11H,1-10,13H2. The summed E-state index contributed by atoms with van der Waals surface area (Å²) in [5.41, 5.74) is 6.55. The highest BCUT2D eigenvalue weighted by Gasteiger charge is 2.35. The van der Waals surface area contributed by atoms with Crippen LogP contribution in [0.1, 0.15) is 57.8 Å². The maximum absolute atomic E-state index is 5.98. The second-order valence-corrected chi connectivity index (χ2v) is 5.27. The normalized spacial score (nSPS) is 28.4. The molecule has 0 aromatic rings. The summed E-state index contributed by atoms with van der Waals surface area (Å²) in [5.74, 6) is 1.06. The van der Waals surface area contributed by atoms with Crippen molar-refractivity contribution in [1.82, 2.24) is 0 Å². The molecule has 0 bridgehead atoms.